The van der Waals surface area contributed by atoms with Crippen molar-refractivity contribution in [2.75, 3.05) is 13.1 Å². The number of nitrogens with zero attached hydrogens (tertiary/aromatic N) is 1. The molecule has 0 amide bonds. The van der Waals surface area contributed by atoms with Gasteiger partial charge in [0.15, 0.2) is 0 Å². The predicted octanol–water partition coefficient (Wildman–Crippen LogP) is 3.12. The minimum atomic E-state index is -0.736. The van der Waals surface area contributed by atoms with Gasteiger partial charge in [-0.05, 0) is 31.6 Å². The van der Waals surface area contributed by atoms with Gasteiger partial charge in [-0.1, -0.05) is 25.1 Å². The quantitative estimate of drug-likeness (QED) is 0.832. The van der Waals surface area contributed by atoms with Crippen LogP contribution >= 0.6 is 0 Å². The molecule has 0 aliphatic carbocycles. The normalized spacial score (nSPS) is 11.3. The predicted molar refractivity (Wildman–Crippen MR) is 74.0 cm³/mol. The van der Waals surface area contributed by atoms with Crippen LogP contribution in [0.2, 0.25) is 0 Å². The van der Waals surface area contributed by atoms with Gasteiger partial charge in [-0.2, -0.15) is 0 Å². The maximum Gasteiger partial charge on any atom is 0.303 e. The SMILES string of the molecule is CCN(CCCC(=O)O)Cc1cc2ccccc2o1. The van der Waals surface area contributed by atoms with Crippen molar-refractivity contribution in [3.8, 4) is 0 Å². The first-order chi connectivity index (χ1) is 9.19. The summed E-state index contributed by atoms with van der Waals surface area (Å²) in [5, 5.41) is 9.76. The molecule has 0 fully saturated rings. The number of rotatable bonds is 7. The molecule has 1 N–H and O–H groups in total. The fraction of sp³-hybridized carbons (Fsp3) is 0.400. The van der Waals surface area contributed by atoms with Gasteiger partial charge in [-0.25, -0.2) is 0 Å². The van der Waals surface area contributed by atoms with Gasteiger partial charge in [-0.15, -0.1) is 0 Å². The van der Waals surface area contributed by atoms with Gasteiger partial charge in [0.05, 0.1) is 6.54 Å². The van der Waals surface area contributed by atoms with Gasteiger partial charge in [0.25, 0.3) is 0 Å². The number of hydrogen-bond donors (Lipinski definition) is 1. The molecular formula is C15H19NO3. The zero-order chi connectivity index (χ0) is 13.7. The Kier molecular flexibility index (Phi) is 4.58. The molecule has 0 saturated heterocycles. The van der Waals surface area contributed by atoms with Crippen LogP contribution in [0.3, 0.4) is 0 Å². The summed E-state index contributed by atoms with van der Waals surface area (Å²) < 4.78 is 5.77. The second-order valence-electron chi connectivity index (χ2n) is 4.62. The van der Waals surface area contributed by atoms with Crippen LogP contribution in [0.4, 0.5) is 0 Å². The van der Waals surface area contributed by atoms with Gasteiger partial charge < -0.3 is 9.52 Å². The Hall–Kier alpha value is -1.81. The maximum absolute atomic E-state index is 10.5. The van der Waals surface area contributed by atoms with Crippen molar-refractivity contribution in [1.29, 1.82) is 0 Å². The van der Waals surface area contributed by atoms with E-state index in [2.05, 4.69) is 17.9 Å². The van der Waals surface area contributed by atoms with E-state index in [-0.39, 0.29) is 6.42 Å². The summed E-state index contributed by atoms with van der Waals surface area (Å²) in [6, 6.07) is 9.99. The number of carboxylic acid groups (broad SMARTS) is 1. The lowest BCUT2D eigenvalue weighted by Gasteiger charge is -2.18. The number of fused-ring (bicyclic) bond motifs is 1. The highest BCUT2D eigenvalue weighted by Crippen LogP contribution is 2.20. The summed E-state index contributed by atoms with van der Waals surface area (Å²) >= 11 is 0. The van der Waals surface area contributed by atoms with Gasteiger partial charge in [0.2, 0.25) is 0 Å². The van der Waals surface area contributed by atoms with Gasteiger partial charge >= 0.3 is 5.97 Å². The molecule has 0 atom stereocenters. The number of hydrogen-bond acceptors (Lipinski definition) is 3. The third-order valence-corrected chi connectivity index (χ3v) is 3.17. The first-order valence-corrected chi connectivity index (χ1v) is 6.60. The molecule has 102 valence electrons. The van der Waals surface area contributed by atoms with Gasteiger partial charge in [0, 0.05) is 11.8 Å². The second kappa shape index (κ2) is 6.38. The third-order valence-electron chi connectivity index (χ3n) is 3.17. The van der Waals surface area contributed by atoms with E-state index in [1.165, 1.54) is 0 Å². The summed E-state index contributed by atoms with van der Waals surface area (Å²) in [6.07, 6.45) is 0.889. The highest BCUT2D eigenvalue weighted by molar-refractivity contribution is 5.77. The summed E-state index contributed by atoms with van der Waals surface area (Å²) in [5.41, 5.74) is 0.902. The zero-order valence-corrected chi connectivity index (χ0v) is 11.1. The number of furan rings is 1. The molecule has 19 heavy (non-hydrogen) atoms. The molecule has 2 rings (SSSR count). The summed E-state index contributed by atoms with van der Waals surface area (Å²) in [5.74, 6) is 0.193. The number of carboxylic acids is 1. The van der Waals surface area contributed by atoms with Crippen molar-refractivity contribution in [2.45, 2.75) is 26.3 Å². The number of aliphatic carboxylic acids is 1. The topological polar surface area (TPSA) is 53.7 Å². The highest BCUT2D eigenvalue weighted by Gasteiger charge is 2.09. The van der Waals surface area contributed by atoms with Crippen molar-refractivity contribution in [3.63, 3.8) is 0 Å². The van der Waals surface area contributed by atoms with Crippen molar-refractivity contribution in [3.05, 3.63) is 36.1 Å². The van der Waals surface area contributed by atoms with Crippen molar-refractivity contribution >= 4 is 16.9 Å². The van der Waals surface area contributed by atoms with Gasteiger partial charge in [0.1, 0.15) is 11.3 Å². The van der Waals surface area contributed by atoms with Crippen LogP contribution in [-0.4, -0.2) is 29.1 Å². The lowest BCUT2D eigenvalue weighted by Crippen LogP contribution is -2.24. The van der Waals surface area contributed by atoms with Crippen LogP contribution < -0.4 is 0 Å². The average molecular weight is 261 g/mol. The van der Waals surface area contributed by atoms with Crippen molar-refractivity contribution < 1.29 is 14.3 Å². The lowest BCUT2D eigenvalue weighted by molar-refractivity contribution is -0.137. The Balaban J connectivity index is 1.95. The maximum atomic E-state index is 10.5. The molecule has 0 aliphatic heterocycles. The number of carbonyl (C=O) groups is 1. The van der Waals surface area contributed by atoms with Crippen LogP contribution in [0, 0.1) is 0 Å². The minimum absolute atomic E-state index is 0.219. The van der Waals surface area contributed by atoms with Crippen LogP contribution in [0.25, 0.3) is 11.0 Å². The smallest absolute Gasteiger partial charge is 0.303 e. The minimum Gasteiger partial charge on any atom is -0.481 e. The molecule has 0 aliphatic rings. The van der Waals surface area contributed by atoms with E-state index in [1.54, 1.807) is 0 Å². The molecular weight excluding hydrogens is 242 g/mol. The molecule has 4 nitrogen and oxygen atoms in total. The molecule has 0 bridgehead atoms. The van der Waals surface area contributed by atoms with E-state index in [1.807, 2.05) is 24.3 Å². The summed E-state index contributed by atoms with van der Waals surface area (Å²) in [4.78, 5) is 12.7. The largest absolute Gasteiger partial charge is 0.481 e. The number of para-hydroxylation sites is 1. The summed E-state index contributed by atoms with van der Waals surface area (Å²) in [7, 11) is 0. The Morgan fingerprint density at radius 3 is 2.84 bits per heavy atom. The Labute approximate surface area is 112 Å². The molecule has 1 aromatic heterocycles. The molecule has 1 aromatic carbocycles. The van der Waals surface area contributed by atoms with Crippen LogP contribution in [0.1, 0.15) is 25.5 Å². The molecule has 0 spiro atoms. The van der Waals surface area contributed by atoms with Gasteiger partial charge in [-0.3, -0.25) is 9.69 Å². The van der Waals surface area contributed by atoms with E-state index in [9.17, 15) is 4.79 Å². The van der Waals surface area contributed by atoms with E-state index in [0.29, 0.717) is 6.42 Å². The van der Waals surface area contributed by atoms with E-state index in [0.717, 1.165) is 36.4 Å². The fourth-order valence-corrected chi connectivity index (χ4v) is 2.14. The van der Waals surface area contributed by atoms with E-state index < -0.39 is 5.97 Å². The molecule has 0 saturated carbocycles. The summed E-state index contributed by atoms with van der Waals surface area (Å²) in [6.45, 7) is 4.46. The van der Waals surface area contributed by atoms with Crippen LogP contribution in [0.5, 0.6) is 0 Å². The van der Waals surface area contributed by atoms with Crippen LogP contribution in [0.15, 0.2) is 34.7 Å². The third kappa shape index (κ3) is 3.83. The Morgan fingerprint density at radius 1 is 1.37 bits per heavy atom. The molecule has 0 unspecified atom stereocenters. The van der Waals surface area contributed by atoms with Crippen molar-refractivity contribution in [1.82, 2.24) is 4.90 Å². The molecule has 4 heteroatoms. The van der Waals surface area contributed by atoms with Crippen LogP contribution in [-0.2, 0) is 11.3 Å². The standard InChI is InChI=1S/C15H19NO3/c1-2-16(9-5-8-15(17)18)11-13-10-12-6-3-4-7-14(12)19-13/h3-4,6-7,10H,2,5,8-9,11H2,1H3,(H,17,18). The average Bonchev–Trinajstić information content (AvgIpc) is 2.79. The van der Waals surface area contributed by atoms with E-state index >= 15 is 0 Å². The Bertz CT molecular complexity index is 514. The van der Waals surface area contributed by atoms with Crippen molar-refractivity contribution in [2.24, 2.45) is 0 Å². The molecule has 1 heterocycles. The second-order valence-corrected chi connectivity index (χ2v) is 4.62. The molecule has 0 radical (unpaired) electrons. The Morgan fingerprint density at radius 2 is 2.16 bits per heavy atom. The zero-order valence-electron chi connectivity index (χ0n) is 11.1. The first kappa shape index (κ1) is 13.6. The molecule has 2 aromatic rings. The van der Waals surface area contributed by atoms with E-state index in [4.69, 9.17) is 9.52 Å². The number of benzene rings is 1. The monoisotopic (exact) mass is 261 g/mol. The highest BCUT2D eigenvalue weighted by atomic mass is 16.4. The lowest BCUT2D eigenvalue weighted by atomic mass is 10.2. The first-order valence-electron chi connectivity index (χ1n) is 6.60. The fourth-order valence-electron chi connectivity index (χ4n) is 2.14.